The third-order valence-electron chi connectivity index (χ3n) is 2.53. The van der Waals surface area contributed by atoms with Gasteiger partial charge in [-0.15, -0.1) is 0 Å². The first-order valence-corrected chi connectivity index (χ1v) is 5.08. The number of carbonyl (C=O) groups is 2. The Bertz CT molecular complexity index is 353. The van der Waals surface area contributed by atoms with Crippen molar-refractivity contribution in [1.82, 2.24) is 14.9 Å². The first-order valence-electron chi connectivity index (χ1n) is 5.08. The molecule has 1 aromatic heterocycles. The number of aromatic nitrogens is 2. The van der Waals surface area contributed by atoms with E-state index >= 15 is 0 Å². The van der Waals surface area contributed by atoms with Crippen LogP contribution in [0, 0.1) is 0 Å². The summed E-state index contributed by atoms with van der Waals surface area (Å²) in [6.07, 6.45) is 5.09. The number of nitrogens with one attached hydrogen (secondary N) is 1. The number of amides is 1. The van der Waals surface area contributed by atoms with Crippen LogP contribution < -0.4 is 0 Å². The van der Waals surface area contributed by atoms with Crippen LogP contribution in [0.15, 0.2) is 12.4 Å². The number of hydrogen-bond acceptors (Lipinski definition) is 3. The van der Waals surface area contributed by atoms with Crippen LogP contribution in [0.4, 0.5) is 0 Å². The van der Waals surface area contributed by atoms with E-state index in [2.05, 4.69) is 9.97 Å². The Morgan fingerprint density at radius 3 is 2.73 bits per heavy atom. The fourth-order valence-corrected chi connectivity index (χ4v) is 1.72. The third-order valence-corrected chi connectivity index (χ3v) is 2.53. The second-order valence-corrected chi connectivity index (χ2v) is 3.63. The van der Waals surface area contributed by atoms with Gasteiger partial charge in [0.05, 0.1) is 6.42 Å². The summed E-state index contributed by atoms with van der Waals surface area (Å²) in [4.78, 5) is 31.4. The highest BCUT2D eigenvalue weighted by Crippen LogP contribution is 2.09. The van der Waals surface area contributed by atoms with Crippen LogP contribution in [0.1, 0.15) is 29.9 Å². The Morgan fingerprint density at radius 2 is 2.13 bits per heavy atom. The molecule has 0 aliphatic carbocycles. The first kappa shape index (κ1) is 9.89. The van der Waals surface area contributed by atoms with Crippen molar-refractivity contribution in [2.75, 3.05) is 13.1 Å². The number of likely N-dealkylation sites (tertiary alicyclic amines) is 1. The molecule has 5 nitrogen and oxygen atoms in total. The van der Waals surface area contributed by atoms with Gasteiger partial charge in [-0.1, -0.05) is 0 Å². The SMILES string of the molecule is O=C(CC(=O)N1CCCC1)c1ncc[nH]1. The highest BCUT2D eigenvalue weighted by Gasteiger charge is 2.21. The molecular formula is C10H13N3O2. The molecule has 1 aliphatic rings. The monoisotopic (exact) mass is 207 g/mol. The summed E-state index contributed by atoms with van der Waals surface area (Å²) in [5.74, 6) is -0.0617. The zero-order valence-corrected chi connectivity index (χ0v) is 8.40. The van der Waals surface area contributed by atoms with Gasteiger partial charge >= 0.3 is 0 Å². The zero-order chi connectivity index (χ0) is 10.7. The van der Waals surface area contributed by atoms with Crippen molar-refractivity contribution in [1.29, 1.82) is 0 Å². The molecule has 1 N–H and O–H groups in total. The average molecular weight is 207 g/mol. The summed E-state index contributed by atoms with van der Waals surface area (Å²) < 4.78 is 0. The molecule has 1 amide bonds. The third kappa shape index (κ3) is 2.23. The topological polar surface area (TPSA) is 66.1 Å². The van der Waals surface area contributed by atoms with Gasteiger partial charge in [0.15, 0.2) is 5.82 Å². The van der Waals surface area contributed by atoms with E-state index in [-0.39, 0.29) is 23.9 Å². The molecule has 5 heteroatoms. The maximum atomic E-state index is 11.6. The molecule has 1 aliphatic heterocycles. The van der Waals surface area contributed by atoms with Crippen molar-refractivity contribution in [3.05, 3.63) is 18.2 Å². The Morgan fingerprint density at radius 1 is 1.40 bits per heavy atom. The van der Waals surface area contributed by atoms with Gasteiger partial charge in [0.2, 0.25) is 11.7 Å². The van der Waals surface area contributed by atoms with Crippen LogP contribution >= 0.6 is 0 Å². The van der Waals surface area contributed by atoms with E-state index in [4.69, 9.17) is 0 Å². The molecule has 15 heavy (non-hydrogen) atoms. The Kier molecular flexibility index (Phi) is 2.80. The van der Waals surface area contributed by atoms with Gasteiger partial charge < -0.3 is 9.88 Å². The molecular weight excluding hydrogens is 194 g/mol. The van der Waals surface area contributed by atoms with Crippen LogP contribution in [0.2, 0.25) is 0 Å². The fourth-order valence-electron chi connectivity index (χ4n) is 1.72. The summed E-state index contributed by atoms with van der Waals surface area (Å²) in [6, 6.07) is 0. The minimum absolute atomic E-state index is 0.0759. The van der Waals surface area contributed by atoms with Crippen LogP contribution in [0.5, 0.6) is 0 Å². The van der Waals surface area contributed by atoms with Crippen molar-refractivity contribution < 1.29 is 9.59 Å². The standard InChI is InChI=1S/C10H13N3O2/c14-8(10-11-3-4-12-10)7-9(15)13-5-1-2-6-13/h3-4H,1-2,5-7H2,(H,11,12). The van der Waals surface area contributed by atoms with Gasteiger partial charge in [-0.25, -0.2) is 4.98 Å². The van der Waals surface area contributed by atoms with Gasteiger partial charge in [-0.3, -0.25) is 9.59 Å². The minimum atomic E-state index is -0.239. The largest absolute Gasteiger partial charge is 0.342 e. The number of ketones is 1. The van der Waals surface area contributed by atoms with Gasteiger partial charge in [0, 0.05) is 25.5 Å². The lowest BCUT2D eigenvalue weighted by molar-refractivity contribution is -0.129. The van der Waals surface area contributed by atoms with E-state index in [0.29, 0.717) is 0 Å². The molecule has 1 aromatic rings. The maximum absolute atomic E-state index is 11.6. The van der Waals surface area contributed by atoms with Crippen LogP contribution in [-0.2, 0) is 4.79 Å². The molecule has 0 unspecified atom stereocenters. The predicted molar refractivity (Wildman–Crippen MR) is 53.3 cm³/mol. The zero-order valence-electron chi connectivity index (χ0n) is 8.40. The number of hydrogen-bond donors (Lipinski definition) is 1. The first-order chi connectivity index (χ1) is 7.27. The van der Waals surface area contributed by atoms with E-state index in [1.165, 1.54) is 6.20 Å². The smallest absolute Gasteiger partial charge is 0.230 e. The maximum Gasteiger partial charge on any atom is 0.230 e. The molecule has 0 radical (unpaired) electrons. The number of nitrogens with zero attached hydrogens (tertiary/aromatic N) is 2. The molecule has 1 saturated heterocycles. The van der Waals surface area contributed by atoms with Gasteiger partial charge in [-0.2, -0.15) is 0 Å². The molecule has 0 aromatic carbocycles. The Balaban J connectivity index is 1.91. The number of H-pyrrole nitrogens is 1. The van der Waals surface area contributed by atoms with Crippen LogP contribution in [0.25, 0.3) is 0 Å². The lowest BCUT2D eigenvalue weighted by Crippen LogP contribution is -2.29. The molecule has 0 bridgehead atoms. The molecule has 1 fully saturated rings. The highest BCUT2D eigenvalue weighted by atomic mass is 16.2. The van der Waals surface area contributed by atoms with Gasteiger partial charge in [-0.05, 0) is 12.8 Å². The number of imidazole rings is 1. The summed E-state index contributed by atoms with van der Waals surface area (Å²) in [5, 5.41) is 0. The summed E-state index contributed by atoms with van der Waals surface area (Å²) in [7, 11) is 0. The lowest BCUT2D eigenvalue weighted by Gasteiger charge is -2.13. The quantitative estimate of drug-likeness (QED) is 0.583. The normalized spacial score (nSPS) is 15.6. The van der Waals surface area contributed by atoms with Crippen LogP contribution in [0.3, 0.4) is 0 Å². The summed E-state index contributed by atoms with van der Waals surface area (Å²) >= 11 is 0. The van der Waals surface area contributed by atoms with E-state index in [1.54, 1.807) is 11.1 Å². The number of rotatable bonds is 3. The molecule has 0 spiro atoms. The molecule has 80 valence electrons. The Labute approximate surface area is 87.5 Å². The van der Waals surface area contributed by atoms with E-state index in [9.17, 15) is 9.59 Å². The molecule has 2 heterocycles. The predicted octanol–water partition coefficient (Wildman–Crippen LogP) is 0.605. The molecule has 0 atom stereocenters. The second kappa shape index (κ2) is 4.25. The highest BCUT2D eigenvalue weighted by molar-refractivity contribution is 6.05. The van der Waals surface area contributed by atoms with E-state index in [1.807, 2.05) is 0 Å². The van der Waals surface area contributed by atoms with E-state index in [0.717, 1.165) is 25.9 Å². The van der Waals surface area contributed by atoms with E-state index < -0.39 is 0 Å². The van der Waals surface area contributed by atoms with Crippen molar-refractivity contribution in [2.24, 2.45) is 0 Å². The lowest BCUT2D eigenvalue weighted by atomic mass is 10.2. The van der Waals surface area contributed by atoms with Crippen LogP contribution in [-0.4, -0.2) is 39.6 Å². The van der Waals surface area contributed by atoms with Crippen molar-refractivity contribution in [3.63, 3.8) is 0 Å². The molecule has 0 saturated carbocycles. The summed E-state index contributed by atoms with van der Waals surface area (Å²) in [5.41, 5.74) is 0. The Hall–Kier alpha value is -1.65. The minimum Gasteiger partial charge on any atom is -0.342 e. The molecule has 2 rings (SSSR count). The fraction of sp³-hybridized carbons (Fsp3) is 0.500. The second-order valence-electron chi connectivity index (χ2n) is 3.63. The number of carbonyl (C=O) groups excluding carboxylic acids is 2. The van der Waals surface area contributed by atoms with Crippen molar-refractivity contribution >= 4 is 11.7 Å². The number of Topliss-reactive ketones (excluding diaryl/α,β-unsaturated/α-hetero) is 1. The summed E-state index contributed by atoms with van der Waals surface area (Å²) in [6.45, 7) is 1.56. The van der Waals surface area contributed by atoms with Gasteiger partial charge in [0.1, 0.15) is 0 Å². The average Bonchev–Trinajstić information content (AvgIpc) is 2.91. The van der Waals surface area contributed by atoms with Gasteiger partial charge in [0.25, 0.3) is 0 Å². The van der Waals surface area contributed by atoms with Crippen molar-refractivity contribution in [2.45, 2.75) is 19.3 Å². The number of aromatic amines is 1. The van der Waals surface area contributed by atoms with Crippen molar-refractivity contribution in [3.8, 4) is 0 Å².